The molecule has 10 heavy (non-hydrogen) atoms. The van der Waals surface area contributed by atoms with Gasteiger partial charge in [-0.1, -0.05) is 5.92 Å². The summed E-state index contributed by atoms with van der Waals surface area (Å²) in [5.74, 6) is 3.54. The van der Waals surface area contributed by atoms with E-state index in [0.717, 1.165) is 5.96 Å². The van der Waals surface area contributed by atoms with Crippen molar-refractivity contribution in [3.63, 3.8) is 0 Å². The SMILES string of the molecule is CC#CN(C)C(=NC)NC. The molecule has 0 fully saturated rings. The molecular formula is C7H13N3. The molecule has 0 bridgehead atoms. The van der Waals surface area contributed by atoms with E-state index >= 15 is 0 Å². The molecule has 0 aromatic heterocycles. The van der Waals surface area contributed by atoms with Crippen LogP contribution in [0.4, 0.5) is 0 Å². The second kappa shape index (κ2) is 4.68. The largest absolute Gasteiger partial charge is 0.359 e. The summed E-state index contributed by atoms with van der Waals surface area (Å²) in [5, 5.41) is 2.91. The third-order valence-corrected chi connectivity index (χ3v) is 1.03. The van der Waals surface area contributed by atoms with E-state index in [1.807, 2.05) is 14.1 Å². The normalized spacial score (nSPS) is 9.80. The van der Waals surface area contributed by atoms with Crippen LogP contribution in [0.5, 0.6) is 0 Å². The molecule has 0 aliphatic heterocycles. The molecule has 0 aromatic rings. The van der Waals surface area contributed by atoms with Gasteiger partial charge in [0.1, 0.15) is 0 Å². The van der Waals surface area contributed by atoms with Crippen LogP contribution >= 0.6 is 0 Å². The third kappa shape index (κ3) is 2.40. The van der Waals surface area contributed by atoms with Gasteiger partial charge in [-0.3, -0.25) is 9.89 Å². The second-order valence-electron chi connectivity index (χ2n) is 1.72. The van der Waals surface area contributed by atoms with Gasteiger partial charge in [0.05, 0.1) is 0 Å². The van der Waals surface area contributed by atoms with Crippen molar-refractivity contribution in [2.45, 2.75) is 6.92 Å². The Labute approximate surface area is 62.1 Å². The molecule has 0 radical (unpaired) electrons. The van der Waals surface area contributed by atoms with E-state index in [2.05, 4.69) is 22.3 Å². The number of hydrogen-bond donors (Lipinski definition) is 1. The van der Waals surface area contributed by atoms with Gasteiger partial charge in [0.2, 0.25) is 5.96 Å². The fraction of sp³-hybridized carbons (Fsp3) is 0.571. The average molecular weight is 139 g/mol. The lowest BCUT2D eigenvalue weighted by Gasteiger charge is -2.11. The van der Waals surface area contributed by atoms with Crippen LogP contribution in [-0.4, -0.2) is 32.0 Å². The Kier molecular flexibility index (Phi) is 4.14. The smallest absolute Gasteiger partial charge is 0.205 e. The molecule has 56 valence electrons. The number of aliphatic imine (C=N–C) groups is 1. The predicted octanol–water partition coefficient (Wildman–Crippen LogP) is 0.104. The van der Waals surface area contributed by atoms with Gasteiger partial charge >= 0.3 is 0 Å². The fourth-order valence-electron chi connectivity index (χ4n) is 0.650. The van der Waals surface area contributed by atoms with Gasteiger partial charge in [-0.15, -0.1) is 0 Å². The Morgan fingerprint density at radius 3 is 2.50 bits per heavy atom. The summed E-state index contributed by atoms with van der Waals surface area (Å²) in [6.45, 7) is 1.79. The molecule has 0 amide bonds. The molecule has 0 atom stereocenters. The summed E-state index contributed by atoms with van der Waals surface area (Å²) in [5.41, 5.74) is 0. The highest BCUT2D eigenvalue weighted by atomic mass is 15.3. The minimum Gasteiger partial charge on any atom is -0.359 e. The highest BCUT2D eigenvalue weighted by Crippen LogP contribution is 1.78. The van der Waals surface area contributed by atoms with Gasteiger partial charge in [0, 0.05) is 27.2 Å². The van der Waals surface area contributed by atoms with E-state index in [9.17, 15) is 0 Å². The Hall–Kier alpha value is -1.17. The molecule has 0 aliphatic carbocycles. The standard InChI is InChI=1S/C7H13N3/c1-5-6-10(4)7(8-2)9-3/h1-4H3,(H,8,9). The molecule has 0 heterocycles. The van der Waals surface area contributed by atoms with Crippen molar-refractivity contribution in [1.29, 1.82) is 0 Å². The van der Waals surface area contributed by atoms with Crippen LogP contribution in [0.1, 0.15) is 6.92 Å². The minimum absolute atomic E-state index is 0.773. The predicted molar refractivity (Wildman–Crippen MR) is 43.6 cm³/mol. The number of hydrogen-bond acceptors (Lipinski definition) is 1. The zero-order valence-electron chi connectivity index (χ0n) is 6.89. The van der Waals surface area contributed by atoms with Crippen LogP contribution in [0.15, 0.2) is 4.99 Å². The molecule has 0 saturated heterocycles. The minimum atomic E-state index is 0.773. The van der Waals surface area contributed by atoms with Crippen LogP contribution in [0.25, 0.3) is 0 Å². The topological polar surface area (TPSA) is 27.6 Å². The van der Waals surface area contributed by atoms with Crippen molar-refractivity contribution in [3.05, 3.63) is 0 Å². The van der Waals surface area contributed by atoms with E-state index in [-0.39, 0.29) is 0 Å². The van der Waals surface area contributed by atoms with Crippen LogP contribution in [0.2, 0.25) is 0 Å². The second-order valence-corrected chi connectivity index (χ2v) is 1.72. The lowest BCUT2D eigenvalue weighted by Crippen LogP contribution is -2.33. The maximum Gasteiger partial charge on any atom is 0.205 e. The maximum absolute atomic E-state index is 3.95. The first kappa shape index (κ1) is 8.83. The highest BCUT2D eigenvalue weighted by Gasteiger charge is 1.95. The number of nitrogens with one attached hydrogen (secondary N) is 1. The number of guanidine groups is 1. The van der Waals surface area contributed by atoms with Crippen molar-refractivity contribution >= 4 is 5.96 Å². The van der Waals surface area contributed by atoms with E-state index in [4.69, 9.17) is 0 Å². The number of rotatable bonds is 0. The van der Waals surface area contributed by atoms with Gasteiger partial charge in [-0.2, -0.15) is 0 Å². The Bertz CT molecular complexity index is 173. The monoisotopic (exact) mass is 139 g/mol. The first-order valence-corrected chi connectivity index (χ1v) is 3.07. The fourth-order valence-corrected chi connectivity index (χ4v) is 0.650. The van der Waals surface area contributed by atoms with Crippen LogP contribution in [-0.2, 0) is 0 Å². The molecule has 3 heteroatoms. The summed E-state index contributed by atoms with van der Waals surface area (Å²) in [4.78, 5) is 5.69. The zero-order chi connectivity index (χ0) is 7.98. The molecule has 3 nitrogen and oxygen atoms in total. The summed E-state index contributed by atoms with van der Waals surface area (Å²) in [7, 11) is 5.39. The van der Waals surface area contributed by atoms with Crippen molar-refractivity contribution in [2.24, 2.45) is 4.99 Å². The summed E-state index contributed by atoms with van der Waals surface area (Å²) >= 11 is 0. The van der Waals surface area contributed by atoms with Crippen molar-refractivity contribution < 1.29 is 0 Å². The van der Waals surface area contributed by atoms with E-state index in [1.54, 1.807) is 18.9 Å². The van der Waals surface area contributed by atoms with E-state index in [0.29, 0.717) is 0 Å². The van der Waals surface area contributed by atoms with Crippen LogP contribution in [0, 0.1) is 12.0 Å². The lowest BCUT2D eigenvalue weighted by molar-refractivity contribution is 0.688. The molecule has 0 unspecified atom stereocenters. The molecule has 0 aromatic carbocycles. The molecule has 0 saturated carbocycles. The van der Waals surface area contributed by atoms with E-state index in [1.165, 1.54) is 0 Å². The van der Waals surface area contributed by atoms with Crippen molar-refractivity contribution in [3.8, 4) is 12.0 Å². The maximum atomic E-state index is 3.95. The molecule has 0 rings (SSSR count). The first-order valence-electron chi connectivity index (χ1n) is 3.07. The van der Waals surface area contributed by atoms with Gasteiger partial charge < -0.3 is 5.32 Å². The van der Waals surface area contributed by atoms with Crippen LogP contribution < -0.4 is 5.32 Å². The number of nitrogens with zero attached hydrogens (tertiary/aromatic N) is 2. The molecule has 0 aliphatic rings. The summed E-state index contributed by atoms with van der Waals surface area (Å²) in [6.07, 6.45) is 0. The highest BCUT2D eigenvalue weighted by molar-refractivity contribution is 5.80. The summed E-state index contributed by atoms with van der Waals surface area (Å²) < 4.78 is 0. The Balaban J connectivity index is 4.12. The lowest BCUT2D eigenvalue weighted by atomic mass is 10.7. The molecule has 1 N–H and O–H groups in total. The first-order chi connectivity index (χ1) is 4.76. The van der Waals surface area contributed by atoms with E-state index < -0.39 is 0 Å². The van der Waals surface area contributed by atoms with Gasteiger partial charge in [-0.05, 0) is 6.92 Å². The van der Waals surface area contributed by atoms with Gasteiger partial charge in [-0.25, -0.2) is 0 Å². The molecule has 0 spiro atoms. The van der Waals surface area contributed by atoms with Gasteiger partial charge in [0.15, 0.2) is 0 Å². The quantitative estimate of drug-likeness (QED) is 0.223. The van der Waals surface area contributed by atoms with Gasteiger partial charge in [0.25, 0.3) is 0 Å². The van der Waals surface area contributed by atoms with Crippen LogP contribution in [0.3, 0.4) is 0 Å². The average Bonchev–Trinajstić information content (AvgIpc) is 1.91. The molecular weight excluding hydrogens is 126 g/mol. The van der Waals surface area contributed by atoms with Crippen molar-refractivity contribution in [2.75, 3.05) is 21.1 Å². The van der Waals surface area contributed by atoms with Crippen molar-refractivity contribution in [1.82, 2.24) is 10.2 Å². The zero-order valence-corrected chi connectivity index (χ0v) is 6.89. The summed E-state index contributed by atoms with van der Waals surface area (Å²) in [6, 6.07) is 2.84. The Morgan fingerprint density at radius 1 is 1.60 bits per heavy atom. The Morgan fingerprint density at radius 2 is 2.20 bits per heavy atom. The third-order valence-electron chi connectivity index (χ3n) is 1.03.